The second kappa shape index (κ2) is 6.68. The molecule has 0 atom stereocenters. The van der Waals surface area contributed by atoms with Gasteiger partial charge in [0.05, 0.1) is 5.02 Å². The molecule has 5 heteroatoms. The number of rotatable bonds is 5. The van der Waals surface area contributed by atoms with E-state index in [0.717, 1.165) is 11.6 Å². The van der Waals surface area contributed by atoms with Gasteiger partial charge in [0.25, 0.3) is 0 Å². The maximum Gasteiger partial charge on any atom is 0.138 e. The van der Waals surface area contributed by atoms with E-state index in [9.17, 15) is 8.78 Å². The summed E-state index contributed by atoms with van der Waals surface area (Å²) in [6.07, 6.45) is 0. The Balaban J connectivity index is 2.11. The Hall–Kier alpha value is -1.65. The molecule has 0 amide bonds. The van der Waals surface area contributed by atoms with Crippen LogP contribution in [0.2, 0.25) is 5.02 Å². The van der Waals surface area contributed by atoms with Crippen LogP contribution in [0.5, 0.6) is 5.75 Å². The van der Waals surface area contributed by atoms with Crippen LogP contribution in [0.25, 0.3) is 0 Å². The smallest absolute Gasteiger partial charge is 0.138 e. The summed E-state index contributed by atoms with van der Waals surface area (Å²) in [5, 5.41) is 3.16. The molecule has 2 aromatic carbocycles. The van der Waals surface area contributed by atoms with Gasteiger partial charge in [0.15, 0.2) is 0 Å². The molecule has 0 aliphatic carbocycles. The number of nitrogens with one attached hydrogen (secondary N) is 1. The first kappa shape index (κ1) is 14.8. The molecule has 20 heavy (non-hydrogen) atoms. The molecule has 0 heterocycles. The van der Waals surface area contributed by atoms with Crippen molar-refractivity contribution in [2.24, 2.45) is 0 Å². The number of ether oxygens (including phenoxy) is 1. The monoisotopic (exact) mass is 297 g/mol. The Morgan fingerprint density at radius 2 is 1.95 bits per heavy atom. The maximum absolute atomic E-state index is 13.7. The third-order valence-electron chi connectivity index (χ3n) is 2.77. The lowest BCUT2D eigenvalue weighted by Gasteiger charge is -2.10. The molecule has 1 N–H and O–H groups in total. The van der Waals surface area contributed by atoms with Gasteiger partial charge in [0.1, 0.15) is 24.0 Å². The first-order chi connectivity index (χ1) is 9.60. The zero-order valence-electron chi connectivity index (χ0n) is 10.9. The first-order valence-electron chi connectivity index (χ1n) is 6.10. The second-order valence-corrected chi connectivity index (χ2v) is 4.73. The van der Waals surface area contributed by atoms with Crippen LogP contribution in [0.4, 0.5) is 8.78 Å². The topological polar surface area (TPSA) is 21.3 Å². The summed E-state index contributed by atoms with van der Waals surface area (Å²) in [5.74, 6) is -0.459. The Morgan fingerprint density at radius 3 is 2.65 bits per heavy atom. The molecular weight excluding hydrogens is 284 g/mol. The van der Waals surface area contributed by atoms with Gasteiger partial charge < -0.3 is 10.1 Å². The highest BCUT2D eigenvalue weighted by Gasteiger charge is 2.07. The molecule has 0 fully saturated rings. The van der Waals surface area contributed by atoms with Crippen molar-refractivity contribution in [1.29, 1.82) is 0 Å². The molecule has 0 aliphatic rings. The number of hydrogen-bond acceptors (Lipinski definition) is 2. The van der Waals surface area contributed by atoms with Crippen molar-refractivity contribution in [2.45, 2.75) is 13.2 Å². The fraction of sp³-hybridized carbons (Fsp3) is 0.200. The van der Waals surface area contributed by atoms with E-state index >= 15 is 0 Å². The molecule has 0 saturated carbocycles. The summed E-state index contributed by atoms with van der Waals surface area (Å²) in [6, 6.07) is 8.66. The van der Waals surface area contributed by atoms with Crippen LogP contribution in [0, 0.1) is 11.6 Å². The van der Waals surface area contributed by atoms with E-state index in [-0.39, 0.29) is 17.4 Å². The quantitative estimate of drug-likeness (QED) is 0.903. The average molecular weight is 298 g/mol. The van der Waals surface area contributed by atoms with Gasteiger partial charge in [-0.3, -0.25) is 0 Å². The van der Waals surface area contributed by atoms with Gasteiger partial charge in [-0.1, -0.05) is 17.7 Å². The van der Waals surface area contributed by atoms with E-state index in [1.807, 2.05) is 7.05 Å². The predicted molar refractivity (Wildman–Crippen MR) is 74.9 cm³/mol. The van der Waals surface area contributed by atoms with E-state index in [0.29, 0.717) is 17.9 Å². The lowest BCUT2D eigenvalue weighted by atomic mass is 10.1. The standard InChI is InChI=1S/C15H14ClF2NO/c1-19-8-10-2-4-14(18)11(6-10)9-20-15-5-3-12(17)7-13(15)16/h2-7,19H,8-9H2,1H3. The molecule has 0 bridgehead atoms. The molecule has 2 rings (SSSR count). The molecule has 2 nitrogen and oxygen atoms in total. The van der Waals surface area contributed by atoms with E-state index in [1.54, 1.807) is 12.1 Å². The number of halogens is 3. The molecule has 0 radical (unpaired) electrons. The van der Waals surface area contributed by atoms with Crippen LogP contribution in [-0.2, 0) is 13.2 Å². The molecule has 0 aliphatic heterocycles. The first-order valence-corrected chi connectivity index (χ1v) is 6.47. The normalized spacial score (nSPS) is 10.6. The summed E-state index contributed by atoms with van der Waals surface area (Å²) < 4.78 is 32.0. The minimum atomic E-state index is -0.440. The highest BCUT2D eigenvalue weighted by molar-refractivity contribution is 6.32. The van der Waals surface area contributed by atoms with Gasteiger partial charge in [-0.15, -0.1) is 0 Å². The third-order valence-corrected chi connectivity index (χ3v) is 3.06. The zero-order valence-corrected chi connectivity index (χ0v) is 11.7. The van der Waals surface area contributed by atoms with Crippen LogP contribution in [0.3, 0.4) is 0 Å². The lowest BCUT2D eigenvalue weighted by Crippen LogP contribution is -2.07. The third kappa shape index (κ3) is 3.68. The van der Waals surface area contributed by atoms with E-state index in [2.05, 4.69) is 5.32 Å². The maximum atomic E-state index is 13.7. The van der Waals surface area contributed by atoms with Crippen LogP contribution in [0.15, 0.2) is 36.4 Å². The van der Waals surface area contributed by atoms with Gasteiger partial charge in [0, 0.05) is 12.1 Å². The summed E-state index contributed by atoms with van der Waals surface area (Å²) in [4.78, 5) is 0. The number of hydrogen-bond donors (Lipinski definition) is 1. The lowest BCUT2D eigenvalue weighted by molar-refractivity contribution is 0.299. The van der Waals surface area contributed by atoms with E-state index in [1.165, 1.54) is 18.2 Å². The molecule has 0 saturated heterocycles. The van der Waals surface area contributed by atoms with Crippen molar-refractivity contribution in [3.05, 3.63) is 64.2 Å². The van der Waals surface area contributed by atoms with Gasteiger partial charge in [-0.2, -0.15) is 0 Å². The minimum Gasteiger partial charge on any atom is -0.487 e. The molecule has 0 spiro atoms. The molecule has 106 valence electrons. The predicted octanol–water partition coefficient (Wildman–Crippen LogP) is 3.92. The molecule has 2 aromatic rings. The van der Waals surface area contributed by atoms with Crippen molar-refractivity contribution < 1.29 is 13.5 Å². The van der Waals surface area contributed by atoms with Crippen molar-refractivity contribution in [1.82, 2.24) is 5.32 Å². The molecule has 0 unspecified atom stereocenters. The fourth-order valence-corrected chi connectivity index (χ4v) is 2.02. The fourth-order valence-electron chi connectivity index (χ4n) is 1.80. The molecular formula is C15H14ClF2NO. The van der Waals surface area contributed by atoms with Crippen molar-refractivity contribution >= 4 is 11.6 Å². The highest BCUT2D eigenvalue weighted by atomic mass is 35.5. The Morgan fingerprint density at radius 1 is 1.15 bits per heavy atom. The van der Waals surface area contributed by atoms with Crippen molar-refractivity contribution in [2.75, 3.05) is 7.05 Å². The number of benzene rings is 2. The van der Waals surface area contributed by atoms with Crippen LogP contribution in [0.1, 0.15) is 11.1 Å². The minimum absolute atomic E-state index is 0.0364. The van der Waals surface area contributed by atoms with Crippen LogP contribution >= 0.6 is 11.6 Å². The van der Waals surface area contributed by atoms with Crippen LogP contribution < -0.4 is 10.1 Å². The summed E-state index contributed by atoms with van der Waals surface area (Å²) in [5.41, 5.74) is 1.39. The van der Waals surface area contributed by atoms with Gasteiger partial charge in [-0.25, -0.2) is 8.78 Å². The average Bonchev–Trinajstić information content (AvgIpc) is 2.41. The Bertz CT molecular complexity index is 604. The second-order valence-electron chi connectivity index (χ2n) is 4.32. The van der Waals surface area contributed by atoms with Crippen LogP contribution in [-0.4, -0.2) is 7.05 Å². The SMILES string of the molecule is CNCc1ccc(F)c(COc2ccc(F)cc2Cl)c1. The van der Waals surface area contributed by atoms with Crippen molar-refractivity contribution in [3.63, 3.8) is 0 Å². The highest BCUT2D eigenvalue weighted by Crippen LogP contribution is 2.26. The van der Waals surface area contributed by atoms with Gasteiger partial charge in [-0.05, 0) is 42.9 Å². The summed E-state index contributed by atoms with van der Waals surface area (Å²) >= 11 is 5.85. The Kier molecular flexibility index (Phi) is 4.93. The van der Waals surface area contributed by atoms with Crippen molar-refractivity contribution in [3.8, 4) is 5.75 Å². The van der Waals surface area contributed by atoms with E-state index < -0.39 is 5.82 Å². The zero-order chi connectivity index (χ0) is 14.5. The van der Waals surface area contributed by atoms with Gasteiger partial charge >= 0.3 is 0 Å². The Labute approximate surface area is 121 Å². The summed E-state index contributed by atoms with van der Waals surface area (Å²) in [6.45, 7) is 0.680. The van der Waals surface area contributed by atoms with E-state index in [4.69, 9.17) is 16.3 Å². The summed E-state index contributed by atoms with van der Waals surface area (Å²) in [7, 11) is 1.82. The largest absolute Gasteiger partial charge is 0.487 e. The van der Waals surface area contributed by atoms with Gasteiger partial charge in [0.2, 0.25) is 0 Å². The molecule has 0 aromatic heterocycles.